The van der Waals surface area contributed by atoms with E-state index in [1.165, 1.54) is 0 Å². The molecule has 0 aromatic carbocycles. The SMILES string of the molecule is CS.O.O=[P+](O)O.[H-].[Na+]. The molecular formula is CH9NaO4PS+. The molecular weight excluding hydrogens is 162 g/mol. The van der Waals surface area contributed by atoms with E-state index in [1.807, 2.05) is 0 Å². The van der Waals surface area contributed by atoms with Crippen molar-refractivity contribution in [2.45, 2.75) is 0 Å². The summed E-state index contributed by atoms with van der Waals surface area (Å²) < 4.78 is 8.70. The van der Waals surface area contributed by atoms with E-state index in [4.69, 9.17) is 14.4 Å². The van der Waals surface area contributed by atoms with Crippen LogP contribution in [-0.2, 0) is 4.57 Å². The van der Waals surface area contributed by atoms with Gasteiger partial charge in [0.15, 0.2) is 0 Å². The van der Waals surface area contributed by atoms with Gasteiger partial charge in [0.2, 0.25) is 0 Å². The van der Waals surface area contributed by atoms with E-state index in [1.54, 1.807) is 6.26 Å². The van der Waals surface area contributed by atoms with Crippen LogP contribution in [0, 0.1) is 0 Å². The fraction of sp³-hybridized carbons (Fsp3) is 1.00. The van der Waals surface area contributed by atoms with Crippen LogP contribution in [0.2, 0.25) is 0 Å². The topological polar surface area (TPSA) is 89.0 Å². The maximum atomic E-state index is 8.70. The Morgan fingerprint density at radius 1 is 1.50 bits per heavy atom. The zero-order valence-electron chi connectivity index (χ0n) is 5.70. The number of rotatable bonds is 0. The summed E-state index contributed by atoms with van der Waals surface area (Å²) in [5.74, 6) is 0. The van der Waals surface area contributed by atoms with Crippen LogP contribution >= 0.6 is 20.9 Å². The van der Waals surface area contributed by atoms with Crippen LogP contribution < -0.4 is 29.6 Å². The van der Waals surface area contributed by atoms with E-state index in [2.05, 4.69) is 12.6 Å². The molecule has 0 unspecified atom stereocenters. The molecule has 0 heterocycles. The third-order valence-electron chi connectivity index (χ3n) is 0. The number of hydrogen-bond donors (Lipinski definition) is 3. The monoisotopic (exact) mass is 171 g/mol. The molecule has 0 fully saturated rings. The molecule has 8 heavy (non-hydrogen) atoms. The Morgan fingerprint density at radius 2 is 1.50 bits per heavy atom. The van der Waals surface area contributed by atoms with Crippen molar-refractivity contribution in [3.05, 3.63) is 0 Å². The molecule has 0 radical (unpaired) electrons. The first kappa shape index (κ1) is 22.8. The maximum absolute atomic E-state index is 8.70. The Morgan fingerprint density at radius 3 is 1.50 bits per heavy atom. The summed E-state index contributed by atoms with van der Waals surface area (Å²) in [5.41, 5.74) is 0. The molecule has 0 aliphatic rings. The van der Waals surface area contributed by atoms with E-state index in [0.29, 0.717) is 0 Å². The summed E-state index contributed by atoms with van der Waals surface area (Å²) in [6, 6.07) is 0. The summed E-state index contributed by atoms with van der Waals surface area (Å²) in [4.78, 5) is 14.2. The zero-order valence-corrected chi connectivity index (χ0v) is 8.49. The van der Waals surface area contributed by atoms with E-state index >= 15 is 0 Å². The molecule has 0 aliphatic heterocycles. The van der Waals surface area contributed by atoms with Crippen molar-refractivity contribution in [1.82, 2.24) is 0 Å². The second-order valence-corrected chi connectivity index (χ2v) is 0.758. The van der Waals surface area contributed by atoms with Crippen molar-refractivity contribution < 1.29 is 50.8 Å². The molecule has 0 bridgehead atoms. The maximum Gasteiger partial charge on any atom is 1.00 e. The molecule has 4 nitrogen and oxygen atoms in total. The van der Waals surface area contributed by atoms with Crippen LogP contribution in [0.5, 0.6) is 0 Å². The van der Waals surface area contributed by atoms with Gasteiger partial charge in [0.1, 0.15) is 0 Å². The zero-order chi connectivity index (χ0) is 5.58. The minimum atomic E-state index is -2.87. The Kier molecular flexibility index (Phi) is 68.0. The normalized spacial score (nSPS) is 4.00. The van der Waals surface area contributed by atoms with Crippen molar-refractivity contribution in [2.24, 2.45) is 0 Å². The quantitative estimate of drug-likeness (QED) is 0.200. The Hall–Kier alpha value is 1.33. The fourth-order valence-corrected chi connectivity index (χ4v) is 0. The van der Waals surface area contributed by atoms with Gasteiger partial charge in [-0.25, -0.2) is 0 Å². The second-order valence-electron chi connectivity index (χ2n) is 0.253. The molecule has 0 amide bonds. The standard InChI is InChI=1S/CH4S.Na.HO3P.H2O.H/c1-2;;1-4(2)3;;/h2H,1H3;;(H-,1,2,3);1H2;/q;+1;;;-1/p+1. The van der Waals surface area contributed by atoms with Crippen molar-refractivity contribution in [2.75, 3.05) is 6.26 Å². The molecule has 0 aromatic rings. The van der Waals surface area contributed by atoms with E-state index < -0.39 is 8.25 Å². The average molecular weight is 171 g/mol. The smallest absolute Gasteiger partial charge is 1.00 e. The third kappa shape index (κ3) is 166. The molecule has 0 aromatic heterocycles. The first-order valence-corrected chi connectivity index (χ1v) is 3.09. The van der Waals surface area contributed by atoms with Crippen LogP contribution in [0.25, 0.3) is 0 Å². The van der Waals surface area contributed by atoms with Gasteiger partial charge in [0.25, 0.3) is 0 Å². The fourth-order valence-electron chi connectivity index (χ4n) is 0. The number of hydrogen-bond acceptors (Lipinski definition) is 2. The molecule has 0 saturated heterocycles. The minimum absolute atomic E-state index is 0. The van der Waals surface area contributed by atoms with Crippen molar-refractivity contribution in [3.63, 3.8) is 0 Å². The summed E-state index contributed by atoms with van der Waals surface area (Å²) in [6.07, 6.45) is 1.69. The second kappa shape index (κ2) is 23.9. The van der Waals surface area contributed by atoms with Gasteiger partial charge in [0, 0.05) is 4.57 Å². The molecule has 7 heteroatoms. The molecule has 0 rings (SSSR count). The van der Waals surface area contributed by atoms with E-state index in [-0.39, 0.29) is 36.5 Å². The Balaban J connectivity index is -0.00000000990. The molecule has 48 valence electrons. The molecule has 0 aliphatic carbocycles. The summed E-state index contributed by atoms with van der Waals surface area (Å²) in [5, 5.41) is 0. The summed E-state index contributed by atoms with van der Waals surface area (Å²) in [7, 11) is -2.87. The molecule has 4 N–H and O–H groups in total. The van der Waals surface area contributed by atoms with Gasteiger partial charge in [-0.1, -0.05) is 0 Å². The van der Waals surface area contributed by atoms with Gasteiger partial charge in [-0.2, -0.15) is 12.6 Å². The minimum Gasteiger partial charge on any atom is -1.00 e. The van der Waals surface area contributed by atoms with Gasteiger partial charge < -0.3 is 6.90 Å². The van der Waals surface area contributed by atoms with Crippen LogP contribution in [0.1, 0.15) is 1.43 Å². The first-order chi connectivity index (χ1) is 2.73. The van der Waals surface area contributed by atoms with Gasteiger partial charge in [0.05, 0.1) is 0 Å². The third-order valence-corrected chi connectivity index (χ3v) is 0. The Labute approximate surface area is 77.7 Å². The largest absolute Gasteiger partial charge is 1.00 e. The molecule has 0 saturated carbocycles. The van der Waals surface area contributed by atoms with Gasteiger partial charge in [-0.15, -0.1) is 9.79 Å². The first-order valence-electron chi connectivity index (χ1n) is 1.03. The predicted octanol–water partition coefficient (Wildman–Crippen LogP) is -3.53. The van der Waals surface area contributed by atoms with Crippen LogP contribution in [0.15, 0.2) is 0 Å². The van der Waals surface area contributed by atoms with E-state index in [0.717, 1.165) is 0 Å². The van der Waals surface area contributed by atoms with Crippen molar-refractivity contribution >= 4 is 20.9 Å². The molecule has 0 atom stereocenters. The van der Waals surface area contributed by atoms with Crippen molar-refractivity contribution in [3.8, 4) is 0 Å². The van der Waals surface area contributed by atoms with E-state index in [9.17, 15) is 0 Å². The van der Waals surface area contributed by atoms with Crippen LogP contribution in [0.3, 0.4) is 0 Å². The summed E-state index contributed by atoms with van der Waals surface area (Å²) in [6.45, 7) is 0. The van der Waals surface area contributed by atoms with Gasteiger partial charge >= 0.3 is 37.8 Å². The van der Waals surface area contributed by atoms with Gasteiger partial charge in [-0.05, 0) is 6.26 Å². The van der Waals surface area contributed by atoms with Crippen molar-refractivity contribution in [1.29, 1.82) is 0 Å². The van der Waals surface area contributed by atoms with Crippen LogP contribution in [0.4, 0.5) is 0 Å². The predicted molar refractivity (Wildman–Crippen MR) is 31.7 cm³/mol. The average Bonchev–Trinajstić information content (AvgIpc) is 1.41. The Bertz CT molecular complexity index is 43.5. The van der Waals surface area contributed by atoms with Crippen LogP contribution in [-0.4, -0.2) is 21.5 Å². The number of thiol groups is 1. The van der Waals surface area contributed by atoms with Gasteiger partial charge in [-0.3, -0.25) is 0 Å². The molecule has 0 spiro atoms. The summed E-state index contributed by atoms with van der Waals surface area (Å²) >= 11 is 3.53.